The number of furan rings is 1. The highest BCUT2D eigenvalue weighted by atomic mass is 16.4. The molecule has 0 saturated carbocycles. The standard InChI is InChI=1S/C11H17N3O3/c1-7(11(16)14(2)3)13-10(15)9-5-4-8(6-12)17-9/h4-5,7H,6,12H2,1-3H3,(H,13,15). The molecule has 94 valence electrons. The second kappa shape index (κ2) is 5.49. The lowest BCUT2D eigenvalue weighted by atomic mass is 10.3. The van der Waals surface area contributed by atoms with E-state index in [4.69, 9.17) is 10.2 Å². The SMILES string of the molecule is CC(NC(=O)c1ccc(CN)o1)C(=O)N(C)C. The van der Waals surface area contributed by atoms with Gasteiger partial charge in [-0.15, -0.1) is 0 Å². The van der Waals surface area contributed by atoms with Crippen LogP contribution in [0.25, 0.3) is 0 Å². The lowest BCUT2D eigenvalue weighted by molar-refractivity contribution is -0.130. The van der Waals surface area contributed by atoms with Crippen LogP contribution in [0.1, 0.15) is 23.2 Å². The number of carbonyl (C=O) groups is 2. The number of nitrogens with two attached hydrogens (primary N) is 1. The fraction of sp³-hybridized carbons (Fsp3) is 0.455. The van der Waals surface area contributed by atoms with Crippen molar-refractivity contribution >= 4 is 11.8 Å². The number of nitrogens with zero attached hydrogens (tertiary/aromatic N) is 1. The predicted molar refractivity (Wildman–Crippen MR) is 62.2 cm³/mol. The zero-order valence-electron chi connectivity index (χ0n) is 10.2. The molecular formula is C11H17N3O3. The first-order chi connectivity index (χ1) is 7.95. The van der Waals surface area contributed by atoms with Gasteiger partial charge in [0.15, 0.2) is 5.76 Å². The fourth-order valence-electron chi connectivity index (χ4n) is 1.33. The van der Waals surface area contributed by atoms with Gasteiger partial charge in [0.25, 0.3) is 5.91 Å². The van der Waals surface area contributed by atoms with Gasteiger partial charge in [-0.3, -0.25) is 9.59 Å². The lowest BCUT2D eigenvalue weighted by Gasteiger charge is -2.17. The summed E-state index contributed by atoms with van der Waals surface area (Å²) in [5, 5.41) is 2.55. The van der Waals surface area contributed by atoms with Crippen molar-refractivity contribution in [3.05, 3.63) is 23.7 Å². The van der Waals surface area contributed by atoms with Crippen molar-refractivity contribution in [2.24, 2.45) is 5.73 Å². The van der Waals surface area contributed by atoms with Gasteiger partial charge < -0.3 is 20.4 Å². The van der Waals surface area contributed by atoms with Crippen molar-refractivity contribution in [1.82, 2.24) is 10.2 Å². The second-order valence-electron chi connectivity index (χ2n) is 3.90. The van der Waals surface area contributed by atoms with Crippen LogP contribution in [0, 0.1) is 0 Å². The summed E-state index contributed by atoms with van der Waals surface area (Å²) in [6, 6.07) is 2.57. The van der Waals surface area contributed by atoms with Gasteiger partial charge in [0.1, 0.15) is 11.8 Å². The van der Waals surface area contributed by atoms with Gasteiger partial charge in [0, 0.05) is 14.1 Å². The van der Waals surface area contributed by atoms with E-state index in [9.17, 15) is 9.59 Å². The molecule has 1 unspecified atom stereocenters. The number of likely N-dealkylation sites (N-methyl/N-ethyl adjacent to an activating group) is 1. The molecule has 17 heavy (non-hydrogen) atoms. The van der Waals surface area contributed by atoms with Crippen LogP contribution in [0.15, 0.2) is 16.5 Å². The summed E-state index contributed by atoms with van der Waals surface area (Å²) in [4.78, 5) is 24.6. The van der Waals surface area contributed by atoms with Crippen LogP contribution in [0.2, 0.25) is 0 Å². The summed E-state index contributed by atoms with van der Waals surface area (Å²) in [6.07, 6.45) is 0. The number of hydrogen-bond donors (Lipinski definition) is 2. The Balaban J connectivity index is 2.63. The molecule has 0 radical (unpaired) electrons. The minimum absolute atomic E-state index is 0.156. The number of hydrogen-bond acceptors (Lipinski definition) is 4. The summed E-state index contributed by atoms with van der Waals surface area (Å²) < 4.78 is 5.17. The van der Waals surface area contributed by atoms with Gasteiger partial charge in [0.2, 0.25) is 5.91 Å². The second-order valence-corrected chi connectivity index (χ2v) is 3.90. The molecule has 6 heteroatoms. The molecule has 0 bridgehead atoms. The van der Waals surface area contributed by atoms with Crippen molar-refractivity contribution in [2.75, 3.05) is 14.1 Å². The maximum absolute atomic E-state index is 11.7. The molecular weight excluding hydrogens is 222 g/mol. The summed E-state index contributed by atoms with van der Waals surface area (Å²) in [7, 11) is 3.26. The number of nitrogens with one attached hydrogen (secondary N) is 1. The van der Waals surface area contributed by atoms with E-state index >= 15 is 0 Å². The van der Waals surface area contributed by atoms with Gasteiger partial charge >= 0.3 is 0 Å². The Kier molecular flexibility index (Phi) is 4.28. The van der Waals surface area contributed by atoms with Crippen LogP contribution in [0.4, 0.5) is 0 Å². The molecule has 1 aromatic rings. The molecule has 6 nitrogen and oxygen atoms in total. The van der Waals surface area contributed by atoms with E-state index in [2.05, 4.69) is 5.32 Å². The monoisotopic (exact) mass is 239 g/mol. The summed E-state index contributed by atoms with van der Waals surface area (Å²) in [5.41, 5.74) is 5.37. The van der Waals surface area contributed by atoms with E-state index in [-0.39, 0.29) is 18.2 Å². The van der Waals surface area contributed by atoms with E-state index in [1.54, 1.807) is 27.1 Å². The molecule has 0 spiro atoms. The molecule has 1 atom stereocenters. The van der Waals surface area contributed by atoms with E-state index in [0.29, 0.717) is 5.76 Å². The Morgan fingerprint density at radius 3 is 2.59 bits per heavy atom. The third-order valence-electron chi connectivity index (χ3n) is 2.25. The molecule has 0 aliphatic heterocycles. The molecule has 3 N–H and O–H groups in total. The first-order valence-electron chi connectivity index (χ1n) is 5.26. The maximum atomic E-state index is 11.7. The van der Waals surface area contributed by atoms with Crippen molar-refractivity contribution < 1.29 is 14.0 Å². The first-order valence-corrected chi connectivity index (χ1v) is 5.26. The van der Waals surface area contributed by atoms with Crippen molar-refractivity contribution in [3.8, 4) is 0 Å². The van der Waals surface area contributed by atoms with E-state index in [1.165, 1.54) is 11.0 Å². The predicted octanol–water partition coefficient (Wildman–Crippen LogP) is -0.0552. The molecule has 0 fully saturated rings. The first kappa shape index (κ1) is 13.2. The van der Waals surface area contributed by atoms with Gasteiger partial charge in [-0.2, -0.15) is 0 Å². The Bertz CT molecular complexity index is 412. The largest absolute Gasteiger partial charge is 0.455 e. The summed E-state index contributed by atoms with van der Waals surface area (Å²) in [6.45, 7) is 1.85. The fourth-order valence-corrected chi connectivity index (χ4v) is 1.33. The van der Waals surface area contributed by atoms with Crippen LogP contribution in [-0.2, 0) is 11.3 Å². The Labute approximate surface area is 99.8 Å². The molecule has 0 aromatic carbocycles. The highest BCUT2D eigenvalue weighted by Crippen LogP contribution is 2.07. The molecule has 0 aliphatic rings. The number of rotatable bonds is 4. The minimum Gasteiger partial charge on any atom is -0.455 e. The quantitative estimate of drug-likeness (QED) is 0.770. The number of amides is 2. The van der Waals surface area contributed by atoms with Crippen molar-refractivity contribution in [3.63, 3.8) is 0 Å². The van der Waals surface area contributed by atoms with E-state index < -0.39 is 11.9 Å². The van der Waals surface area contributed by atoms with E-state index in [0.717, 1.165) is 0 Å². The lowest BCUT2D eigenvalue weighted by Crippen LogP contribution is -2.44. The topological polar surface area (TPSA) is 88.6 Å². The van der Waals surface area contributed by atoms with Crippen LogP contribution in [-0.4, -0.2) is 36.9 Å². The third kappa shape index (κ3) is 3.32. The minimum atomic E-state index is -0.594. The van der Waals surface area contributed by atoms with Crippen molar-refractivity contribution in [1.29, 1.82) is 0 Å². The Morgan fingerprint density at radius 1 is 1.47 bits per heavy atom. The van der Waals surface area contributed by atoms with E-state index in [1.807, 2.05) is 0 Å². The van der Waals surface area contributed by atoms with Crippen LogP contribution >= 0.6 is 0 Å². The van der Waals surface area contributed by atoms with Crippen LogP contribution in [0.5, 0.6) is 0 Å². The Morgan fingerprint density at radius 2 is 2.12 bits per heavy atom. The van der Waals surface area contributed by atoms with Gasteiger partial charge in [-0.05, 0) is 19.1 Å². The smallest absolute Gasteiger partial charge is 0.287 e. The molecule has 1 heterocycles. The molecule has 0 saturated heterocycles. The molecule has 1 aromatic heterocycles. The molecule has 1 rings (SSSR count). The van der Waals surface area contributed by atoms with Gasteiger partial charge in [0.05, 0.1) is 6.54 Å². The zero-order chi connectivity index (χ0) is 13.0. The molecule has 2 amide bonds. The maximum Gasteiger partial charge on any atom is 0.287 e. The summed E-state index contributed by atoms with van der Waals surface area (Å²) in [5.74, 6) is 0.0851. The average molecular weight is 239 g/mol. The Hall–Kier alpha value is -1.82. The van der Waals surface area contributed by atoms with Crippen LogP contribution in [0.3, 0.4) is 0 Å². The highest BCUT2D eigenvalue weighted by Gasteiger charge is 2.19. The van der Waals surface area contributed by atoms with Gasteiger partial charge in [-0.25, -0.2) is 0 Å². The average Bonchev–Trinajstić information content (AvgIpc) is 2.76. The molecule has 0 aliphatic carbocycles. The van der Waals surface area contributed by atoms with Crippen LogP contribution < -0.4 is 11.1 Å². The normalized spacial score (nSPS) is 12.0. The zero-order valence-corrected chi connectivity index (χ0v) is 10.2. The third-order valence-corrected chi connectivity index (χ3v) is 2.25. The highest BCUT2D eigenvalue weighted by molar-refractivity contribution is 5.95. The van der Waals surface area contributed by atoms with Crippen molar-refractivity contribution in [2.45, 2.75) is 19.5 Å². The summed E-state index contributed by atoms with van der Waals surface area (Å²) >= 11 is 0. The van der Waals surface area contributed by atoms with Gasteiger partial charge in [-0.1, -0.05) is 0 Å². The number of carbonyl (C=O) groups excluding carboxylic acids is 2.